The van der Waals surface area contributed by atoms with E-state index in [1.807, 2.05) is 13.0 Å². The van der Waals surface area contributed by atoms with Crippen molar-refractivity contribution < 1.29 is 14.0 Å². The van der Waals surface area contributed by atoms with Gasteiger partial charge in [0.1, 0.15) is 0 Å². The summed E-state index contributed by atoms with van der Waals surface area (Å²) >= 11 is 0. The summed E-state index contributed by atoms with van der Waals surface area (Å²) in [6.45, 7) is 23.0. The fraction of sp³-hybridized carbons (Fsp3) is 0.912. The Morgan fingerprint density at radius 3 is 2.45 bits per heavy atom. The van der Waals surface area contributed by atoms with Gasteiger partial charge in [0.25, 0.3) is 0 Å². The topological polar surface area (TPSA) is 35.5 Å². The minimum absolute atomic E-state index is 0.133. The first kappa shape index (κ1) is 30.3. The molecule has 0 bridgehead atoms. The molecule has 4 fully saturated rings. The summed E-state index contributed by atoms with van der Waals surface area (Å²) in [5, 5.41) is 0.302. The predicted molar refractivity (Wildman–Crippen MR) is 161 cm³/mol. The SMILES string of the molecule is CCOC(=O)/C=C1/CCC2(C)C(CCC3[C@@H]2CCC2(C)[C@@H]([C@H](C)CCCO[Si](C)(C)C(C)(C)C)CC[C@@H]32)C1. The van der Waals surface area contributed by atoms with Crippen molar-refractivity contribution in [3.63, 3.8) is 0 Å². The Kier molecular flexibility index (Phi) is 9.06. The van der Waals surface area contributed by atoms with Gasteiger partial charge in [-0.2, -0.15) is 0 Å². The standard InChI is InChI=1S/C34H60O3Si/c1-10-36-31(35)23-25-17-19-33(6)26(22-25)13-14-27-29-16-15-28(34(29,7)20-18-30(27)33)24(2)12-11-21-37-38(8,9)32(3,4)5/h23-24,26-30H,10-22H2,1-9H3/b25-23-/t24-,26?,27?,28-,29+,30+,33?,34?/m1/s1. The Labute approximate surface area is 236 Å². The van der Waals surface area contributed by atoms with E-state index in [1.165, 1.54) is 63.4 Å². The number of allylic oxidation sites excluding steroid dienone is 1. The molecule has 8 atom stereocenters. The first-order valence-corrected chi connectivity index (χ1v) is 19.1. The zero-order chi connectivity index (χ0) is 27.9. The Morgan fingerprint density at radius 2 is 1.76 bits per heavy atom. The van der Waals surface area contributed by atoms with Crippen molar-refractivity contribution in [3.8, 4) is 0 Å². The van der Waals surface area contributed by atoms with Crippen LogP contribution in [-0.2, 0) is 14.0 Å². The van der Waals surface area contributed by atoms with E-state index in [0.29, 0.717) is 22.5 Å². The number of fused-ring (bicyclic) bond motifs is 5. The van der Waals surface area contributed by atoms with Crippen LogP contribution in [-0.4, -0.2) is 27.5 Å². The van der Waals surface area contributed by atoms with Gasteiger partial charge in [-0.25, -0.2) is 4.79 Å². The number of hydrogen-bond acceptors (Lipinski definition) is 3. The van der Waals surface area contributed by atoms with Crippen LogP contribution in [0.4, 0.5) is 0 Å². The molecule has 4 rings (SSSR count). The molecule has 4 aliphatic carbocycles. The molecule has 0 aliphatic heterocycles. The highest BCUT2D eigenvalue weighted by atomic mass is 28.4. The van der Waals surface area contributed by atoms with Crippen molar-refractivity contribution >= 4 is 14.3 Å². The van der Waals surface area contributed by atoms with Gasteiger partial charge in [0.2, 0.25) is 0 Å². The van der Waals surface area contributed by atoms with Crippen LogP contribution in [0, 0.1) is 46.3 Å². The second kappa shape index (κ2) is 11.3. The van der Waals surface area contributed by atoms with Gasteiger partial charge in [0, 0.05) is 12.7 Å². The fourth-order valence-electron chi connectivity index (χ4n) is 9.72. The van der Waals surface area contributed by atoms with Crippen LogP contribution < -0.4 is 0 Å². The number of ether oxygens (including phenoxy) is 1. The summed E-state index contributed by atoms with van der Waals surface area (Å²) in [7, 11) is -1.64. The zero-order valence-corrected chi connectivity index (χ0v) is 27.5. The highest BCUT2D eigenvalue weighted by Crippen LogP contribution is 2.68. The van der Waals surface area contributed by atoms with Crippen LogP contribution in [0.25, 0.3) is 0 Å². The Balaban J connectivity index is 1.36. The summed E-state index contributed by atoms with van der Waals surface area (Å²) in [6.07, 6.45) is 16.4. The molecule has 4 saturated carbocycles. The molecular weight excluding hydrogens is 484 g/mol. The summed E-state index contributed by atoms with van der Waals surface area (Å²) < 4.78 is 11.7. The third-order valence-electron chi connectivity index (χ3n) is 13.0. The monoisotopic (exact) mass is 544 g/mol. The Morgan fingerprint density at radius 1 is 1.05 bits per heavy atom. The van der Waals surface area contributed by atoms with E-state index in [4.69, 9.17) is 9.16 Å². The van der Waals surface area contributed by atoms with Gasteiger partial charge in [-0.15, -0.1) is 0 Å². The second-order valence-corrected chi connectivity index (χ2v) is 20.7. The predicted octanol–water partition coefficient (Wildman–Crippen LogP) is 9.57. The zero-order valence-electron chi connectivity index (χ0n) is 26.5. The summed E-state index contributed by atoms with van der Waals surface area (Å²) in [5.74, 6) is 5.04. The van der Waals surface area contributed by atoms with Gasteiger partial charge in [-0.05, 0) is 142 Å². The summed E-state index contributed by atoms with van der Waals surface area (Å²) in [5.41, 5.74) is 2.34. The van der Waals surface area contributed by atoms with Gasteiger partial charge in [0.05, 0.1) is 6.61 Å². The smallest absolute Gasteiger partial charge is 0.330 e. The Hall–Kier alpha value is -0.613. The normalized spacial score (nSPS) is 39.3. The number of esters is 1. The van der Waals surface area contributed by atoms with Crippen molar-refractivity contribution in [1.82, 2.24) is 0 Å². The molecule has 0 spiro atoms. The van der Waals surface area contributed by atoms with Crippen LogP contribution in [0.3, 0.4) is 0 Å². The first-order valence-electron chi connectivity index (χ1n) is 16.2. The van der Waals surface area contributed by atoms with Crippen molar-refractivity contribution in [2.24, 2.45) is 46.3 Å². The van der Waals surface area contributed by atoms with Crippen LogP contribution in [0.2, 0.25) is 18.1 Å². The second-order valence-electron chi connectivity index (χ2n) is 15.9. The number of rotatable bonds is 8. The lowest BCUT2D eigenvalue weighted by molar-refractivity contribution is -0.137. The van der Waals surface area contributed by atoms with E-state index in [1.54, 1.807) is 0 Å². The molecule has 0 N–H and O–H groups in total. The lowest BCUT2D eigenvalue weighted by Gasteiger charge is -2.61. The molecule has 0 aromatic carbocycles. The molecule has 0 saturated heterocycles. The lowest BCUT2D eigenvalue weighted by atomic mass is 9.44. The lowest BCUT2D eigenvalue weighted by Crippen LogP contribution is -2.53. The first-order chi connectivity index (χ1) is 17.7. The van der Waals surface area contributed by atoms with Gasteiger partial charge in [0.15, 0.2) is 8.32 Å². The molecular formula is C34H60O3Si. The molecule has 4 heteroatoms. The third-order valence-corrected chi connectivity index (χ3v) is 17.5. The minimum Gasteiger partial charge on any atom is -0.463 e. The molecule has 0 heterocycles. The van der Waals surface area contributed by atoms with E-state index in [2.05, 4.69) is 54.6 Å². The largest absolute Gasteiger partial charge is 0.463 e. The molecule has 0 amide bonds. The molecule has 0 aromatic heterocycles. The highest BCUT2D eigenvalue weighted by Gasteiger charge is 2.60. The molecule has 4 unspecified atom stereocenters. The third kappa shape index (κ3) is 5.74. The molecule has 3 nitrogen and oxygen atoms in total. The van der Waals surface area contributed by atoms with Crippen molar-refractivity contribution in [2.75, 3.05) is 13.2 Å². The van der Waals surface area contributed by atoms with Crippen LogP contribution in [0.1, 0.15) is 119 Å². The van der Waals surface area contributed by atoms with Crippen molar-refractivity contribution in [1.29, 1.82) is 0 Å². The van der Waals surface area contributed by atoms with Crippen LogP contribution >= 0.6 is 0 Å². The summed E-state index contributed by atoms with van der Waals surface area (Å²) in [6, 6.07) is 0. The van der Waals surface area contributed by atoms with Crippen molar-refractivity contribution in [3.05, 3.63) is 11.6 Å². The van der Waals surface area contributed by atoms with E-state index >= 15 is 0 Å². The number of hydrogen-bond donors (Lipinski definition) is 0. The maximum atomic E-state index is 12.1. The average Bonchev–Trinajstić information content (AvgIpc) is 3.18. The molecule has 0 aromatic rings. The van der Waals surface area contributed by atoms with E-state index in [-0.39, 0.29) is 5.97 Å². The fourth-order valence-corrected chi connectivity index (χ4v) is 10.8. The molecule has 218 valence electrons. The average molecular weight is 545 g/mol. The number of carbonyl (C=O) groups is 1. The van der Waals surface area contributed by atoms with Gasteiger partial charge < -0.3 is 9.16 Å². The maximum Gasteiger partial charge on any atom is 0.330 e. The molecule has 0 radical (unpaired) electrons. The molecule has 38 heavy (non-hydrogen) atoms. The van der Waals surface area contributed by atoms with Crippen LogP contribution in [0.5, 0.6) is 0 Å². The summed E-state index contributed by atoms with van der Waals surface area (Å²) in [4.78, 5) is 12.1. The van der Waals surface area contributed by atoms with Gasteiger partial charge in [-0.3, -0.25) is 0 Å². The van der Waals surface area contributed by atoms with E-state index < -0.39 is 8.32 Å². The van der Waals surface area contributed by atoms with E-state index in [0.717, 1.165) is 55.0 Å². The Bertz CT molecular complexity index is 871. The minimum atomic E-state index is -1.64. The quantitative estimate of drug-likeness (QED) is 0.132. The van der Waals surface area contributed by atoms with Gasteiger partial charge >= 0.3 is 5.97 Å². The van der Waals surface area contributed by atoms with Crippen molar-refractivity contribution in [2.45, 2.75) is 137 Å². The van der Waals surface area contributed by atoms with E-state index in [9.17, 15) is 4.79 Å². The maximum absolute atomic E-state index is 12.1. The highest BCUT2D eigenvalue weighted by molar-refractivity contribution is 6.74. The molecule has 4 aliphatic rings. The number of carbonyl (C=O) groups excluding carboxylic acids is 1. The van der Waals surface area contributed by atoms with Gasteiger partial charge in [-0.1, -0.05) is 47.1 Å². The van der Waals surface area contributed by atoms with Crippen LogP contribution in [0.15, 0.2) is 11.6 Å².